The number of carbonyl (C=O) groups is 4. The number of carbonyl (C=O) groups excluding carboxylic acids is 4. The van der Waals surface area contributed by atoms with Crippen molar-refractivity contribution in [2.45, 2.75) is 25.9 Å². The molecular weight excluding hydrogens is 504 g/mol. The molecule has 0 aliphatic rings. The van der Waals surface area contributed by atoms with Crippen LogP contribution in [0.25, 0.3) is 0 Å². The van der Waals surface area contributed by atoms with Crippen molar-refractivity contribution >= 4 is 35.0 Å². The van der Waals surface area contributed by atoms with Gasteiger partial charge in [-0.25, -0.2) is 0 Å². The van der Waals surface area contributed by atoms with Gasteiger partial charge in [-0.3, -0.25) is 19.2 Å². The molecule has 4 N–H and O–H groups in total. The van der Waals surface area contributed by atoms with E-state index in [0.29, 0.717) is 35.6 Å². The van der Waals surface area contributed by atoms with Gasteiger partial charge in [-0.2, -0.15) is 0 Å². The fourth-order valence-corrected chi connectivity index (χ4v) is 3.84. The van der Waals surface area contributed by atoms with E-state index in [1.165, 1.54) is 0 Å². The number of amides is 4. The van der Waals surface area contributed by atoms with Gasteiger partial charge in [0.05, 0.1) is 0 Å². The Balaban J connectivity index is 1.16. The van der Waals surface area contributed by atoms with Gasteiger partial charge >= 0.3 is 0 Å². The van der Waals surface area contributed by atoms with Gasteiger partial charge in [0.25, 0.3) is 11.8 Å². The average molecular weight is 535 g/mol. The molecule has 4 rings (SSSR count). The largest absolute Gasteiger partial charge is 0.348 e. The first kappa shape index (κ1) is 27.8. The monoisotopic (exact) mass is 534 g/mol. The zero-order valence-corrected chi connectivity index (χ0v) is 21.9. The zero-order chi connectivity index (χ0) is 28.2. The van der Waals surface area contributed by atoms with Crippen LogP contribution in [0.5, 0.6) is 0 Å². The van der Waals surface area contributed by atoms with Crippen LogP contribution >= 0.6 is 0 Å². The Morgan fingerprint density at radius 3 is 1.15 bits per heavy atom. The maximum absolute atomic E-state index is 12.4. The Bertz CT molecular complexity index is 1330. The van der Waals surface area contributed by atoms with Gasteiger partial charge in [-0.05, 0) is 59.7 Å². The lowest BCUT2D eigenvalue weighted by atomic mass is 10.1. The highest BCUT2D eigenvalue weighted by atomic mass is 16.2. The molecule has 40 heavy (non-hydrogen) atoms. The molecule has 0 spiro atoms. The van der Waals surface area contributed by atoms with Crippen molar-refractivity contribution in [3.8, 4) is 0 Å². The minimum atomic E-state index is -0.318. The molecule has 0 heterocycles. The molecule has 0 saturated heterocycles. The molecule has 4 aromatic carbocycles. The SMILES string of the molecule is O=C(CCC(=O)Nc1ccc(C(=O)NCc2ccccc2)cc1)Nc1ccc(C(=O)NCc2ccccc2)cc1. The van der Waals surface area contributed by atoms with E-state index < -0.39 is 0 Å². The van der Waals surface area contributed by atoms with Crippen molar-refractivity contribution in [1.82, 2.24) is 10.6 Å². The molecule has 8 nitrogen and oxygen atoms in total. The summed E-state index contributed by atoms with van der Waals surface area (Å²) in [5.74, 6) is -1.05. The molecule has 0 aliphatic carbocycles. The third kappa shape index (κ3) is 8.66. The third-order valence-electron chi connectivity index (χ3n) is 6.03. The molecule has 0 unspecified atom stereocenters. The predicted octanol–water partition coefficient (Wildman–Crippen LogP) is 4.90. The van der Waals surface area contributed by atoms with E-state index in [4.69, 9.17) is 0 Å². The second-order valence-electron chi connectivity index (χ2n) is 9.09. The highest BCUT2D eigenvalue weighted by Crippen LogP contribution is 2.13. The van der Waals surface area contributed by atoms with Crippen LogP contribution in [-0.2, 0) is 22.7 Å². The number of hydrogen-bond donors (Lipinski definition) is 4. The molecule has 0 aromatic heterocycles. The van der Waals surface area contributed by atoms with Gasteiger partial charge in [0.1, 0.15) is 0 Å². The lowest BCUT2D eigenvalue weighted by molar-refractivity contribution is -0.121. The average Bonchev–Trinajstić information content (AvgIpc) is 2.99. The second kappa shape index (κ2) is 14.1. The quantitative estimate of drug-likeness (QED) is 0.219. The van der Waals surface area contributed by atoms with Crippen molar-refractivity contribution < 1.29 is 19.2 Å². The zero-order valence-electron chi connectivity index (χ0n) is 21.9. The van der Waals surface area contributed by atoms with Crippen LogP contribution < -0.4 is 21.3 Å². The van der Waals surface area contributed by atoms with Crippen molar-refractivity contribution in [1.29, 1.82) is 0 Å². The predicted molar refractivity (Wildman–Crippen MR) is 155 cm³/mol. The summed E-state index contributed by atoms with van der Waals surface area (Å²) in [7, 11) is 0. The van der Waals surface area contributed by atoms with E-state index in [2.05, 4.69) is 21.3 Å². The van der Waals surface area contributed by atoms with E-state index in [1.54, 1.807) is 48.5 Å². The number of rotatable bonds is 11. The highest BCUT2D eigenvalue weighted by molar-refractivity contribution is 5.98. The fraction of sp³-hybridized carbons (Fsp3) is 0.125. The van der Waals surface area contributed by atoms with E-state index >= 15 is 0 Å². The smallest absolute Gasteiger partial charge is 0.251 e. The summed E-state index contributed by atoms with van der Waals surface area (Å²) in [6, 6.07) is 32.3. The molecule has 8 heteroatoms. The molecule has 0 aliphatic heterocycles. The van der Waals surface area contributed by atoms with Crippen LogP contribution in [0.4, 0.5) is 11.4 Å². The van der Waals surface area contributed by atoms with Crippen molar-refractivity contribution in [2.75, 3.05) is 10.6 Å². The first-order valence-electron chi connectivity index (χ1n) is 12.9. The molecule has 0 atom stereocenters. The van der Waals surface area contributed by atoms with Gasteiger partial charge in [-0.15, -0.1) is 0 Å². The van der Waals surface area contributed by atoms with E-state index in [0.717, 1.165) is 11.1 Å². The van der Waals surface area contributed by atoms with Gasteiger partial charge in [0.2, 0.25) is 11.8 Å². The molecule has 4 amide bonds. The first-order valence-corrected chi connectivity index (χ1v) is 12.9. The summed E-state index contributed by atoms with van der Waals surface area (Å²) in [4.78, 5) is 49.3. The van der Waals surface area contributed by atoms with Crippen LogP contribution in [0.1, 0.15) is 44.7 Å². The highest BCUT2D eigenvalue weighted by Gasteiger charge is 2.11. The van der Waals surface area contributed by atoms with Crippen molar-refractivity contribution in [3.63, 3.8) is 0 Å². The molecule has 0 bridgehead atoms. The lowest BCUT2D eigenvalue weighted by Gasteiger charge is -2.09. The molecular formula is C32H30N4O4. The van der Waals surface area contributed by atoms with E-state index in [1.807, 2.05) is 60.7 Å². The standard InChI is InChI=1S/C32H30N4O4/c37-29(35-27-15-11-25(12-16-27)31(39)33-21-23-7-3-1-4-8-23)19-20-30(38)36-28-17-13-26(14-18-28)32(40)34-22-24-9-5-2-6-10-24/h1-18H,19-22H2,(H,33,39)(H,34,40)(H,35,37)(H,36,38). The molecule has 202 valence electrons. The van der Waals surface area contributed by atoms with Crippen LogP contribution in [0, 0.1) is 0 Å². The van der Waals surface area contributed by atoms with E-state index in [9.17, 15) is 19.2 Å². The summed E-state index contributed by atoms with van der Waals surface area (Å²) in [6.45, 7) is 0.850. The number of benzene rings is 4. The van der Waals surface area contributed by atoms with Crippen LogP contribution in [0.2, 0.25) is 0 Å². The molecule has 0 fully saturated rings. The lowest BCUT2D eigenvalue weighted by Crippen LogP contribution is -2.23. The Morgan fingerprint density at radius 1 is 0.450 bits per heavy atom. The topological polar surface area (TPSA) is 116 Å². The minimum Gasteiger partial charge on any atom is -0.348 e. The number of hydrogen-bond acceptors (Lipinski definition) is 4. The fourth-order valence-electron chi connectivity index (χ4n) is 3.84. The Morgan fingerprint density at radius 2 is 0.800 bits per heavy atom. The van der Waals surface area contributed by atoms with Gasteiger partial charge in [0.15, 0.2) is 0 Å². The maximum atomic E-state index is 12.4. The van der Waals surface area contributed by atoms with Gasteiger partial charge in [-0.1, -0.05) is 60.7 Å². The third-order valence-corrected chi connectivity index (χ3v) is 6.03. The van der Waals surface area contributed by atoms with Crippen LogP contribution in [0.15, 0.2) is 109 Å². The summed E-state index contributed by atoms with van der Waals surface area (Å²) in [5.41, 5.74) is 4.03. The Hall–Kier alpha value is -5.24. The Kier molecular flexibility index (Phi) is 9.77. The van der Waals surface area contributed by atoms with E-state index in [-0.39, 0.29) is 36.5 Å². The summed E-state index contributed by atoms with van der Waals surface area (Å²) in [5, 5.41) is 11.2. The molecule has 4 aromatic rings. The van der Waals surface area contributed by atoms with Crippen molar-refractivity contribution in [3.05, 3.63) is 131 Å². The Labute approximate surface area is 232 Å². The van der Waals surface area contributed by atoms with Gasteiger partial charge < -0.3 is 21.3 Å². The number of nitrogens with one attached hydrogen (secondary N) is 4. The van der Waals surface area contributed by atoms with Crippen LogP contribution in [0.3, 0.4) is 0 Å². The number of anilines is 2. The van der Waals surface area contributed by atoms with Gasteiger partial charge in [0, 0.05) is 48.4 Å². The van der Waals surface area contributed by atoms with Crippen molar-refractivity contribution in [2.24, 2.45) is 0 Å². The minimum absolute atomic E-state index is 0.00881. The molecule has 0 radical (unpaired) electrons. The summed E-state index contributed by atoms with van der Waals surface area (Å²) < 4.78 is 0. The summed E-state index contributed by atoms with van der Waals surface area (Å²) in [6.07, 6.45) is -0.0176. The first-order chi connectivity index (χ1) is 19.5. The normalized spacial score (nSPS) is 10.3. The molecule has 0 saturated carbocycles. The summed E-state index contributed by atoms with van der Waals surface area (Å²) >= 11 is 0. The maximum Gasteiger partial charge on any atom is 0.251 e. The van der Waals surface area contributed by atoms with Crippen LogP contribution in [-0.4, -0.2) is 23.6 Å². The second-order valence-corrected chi connectivity index (χ2v) is 9.09.